The first kappa shape index (κ1) is 16.9. The average molecular weight is 319 g/mol. The smallest absolute Gasteiger partial charge is 0.0929 e. The number of methoxy groups -OCH3 is 1. The molecule has 2 heterocycles. The van der Waals surface area contributed by atoms with Gasteiger partial charge in [-0.3, -0.25) is 4.90 Å². The van der Waals surface area contributed by atoms with Crippen LogP contribution in [0.3, 0.4) is 0 Å². The lowest BCUT2D eigenvalue weighted by Crippen LogP contribution is -2.55. The second-order valence-corrected chi connectivity index (χ2v) is 7.32. The van der Waals surface area contributed by atoms with E-state index in [1.807, 2.05) is 0 Å². The summed E-state index contributed by atoms with van der Waals surface area (Å²) in [5.74, 6) is 0. The van der Waals surface area contributed by atoms with Crippen LogP contribution in [0.15, 0.2) is 24.3 Å². The van der Waals surface area contributed by atoms with Crippen LogP contribution in [0.4, 0.5) is 0 Å². The molecule has 2 aliphatic heterocycles. The van der Waals surface area contributed by atoms with Crippen molar-refractivity contribution < 1.29 is 14.6 Å². The van der Waals surface area contributed by atoms with Crippen molar-refractivity contribution in [3.63, 3.8) is 0 Å². The lowest BCUT2D eigenvalue weighted by Gasteiger charge is -2.49. The highest BCUT2D eigenvalue weighted by Crippen LogP contribution is 2.40. The zero-order valence-electron chi connectivity index (χ0n) is 14.4. The Hall–Kier alpha value is -0.940. The van der Waals surface area contributed by atoms with E-state index in [1.54, 1.807) is 7.11 Å². The third-order valence-corrected chi connectivity index (χ3v) is 5.46. The summed E-state index contributed by atoms with van der Waals surface area (Å²) in [5, 5.41) is 10.7. The largest absolute Gasteiger partial charge is 0.387 e. The van der Waals surface area contributed by atoms with Crippen molar-refractivity contribution in [3.8, 4) is 0 Å². The first-order valence-electron chi connectivity index (χ1n) is 8.66. The standard InChI is InChI=1S/C19H29NO3/c1-16-5-3-4-6-17(16)13-20-10-7-19(8-11-20)14-18(21,15-22-2)9-12-23-19/h3-6,21H,7-15H2,1-2H3. The van der Waals surface area contributed by atoms with Crippen LogP contribution in [-0.4, -0.2) is 54.6 Å². The third kappa shape index (κ3) is 3.94. The monoisotopic (exact) mass is 319 g/mol. The van der Waals surface area contributed by atoms with Crippen molar-refractivity contribution in [1.29, 1.82) is 0 Å². The lowest BCUT2D eigenvalue weighted by atomic mass is 9.77. The molecule has 128 valence electrons. The van der Waals surface area contributed by atoms with Crippen molar-refractivity contribution in [2.45, 2.75) is 50.4 Å². The van der Waals surface area contributed by atoms with E-state index in [0.717, 1.165) is 32.5 Å². The molecule has 2 saturated heterocycles. The van der Waals surface area contributed by atoms with E-state index in [4.69, 9.17) is 9.47 Å². The summed E-state index contributed by atoms with van der Waals surface area (Å²) in [6, 6.07) is 8.60. The van der Waals surface area contributed by atoms with Gasteiger partial charge in [-0.1, -0.05) is 24.3 Å². The van der Waals surface area contributed by atoms with Gasteiger partial charge in [0.2, 0.25) is 0 Å². The molecule has 1 spiro atoms. The number of hydrogen-bond acceptors (Lipinski definition) is 4. The van der Waals surface area contributed by atoms with Gasteiger partial charge in [-0.2, -0.15) is 0 Å². The van der Waals surface area contributed by atoms with Crippen molar-refractivity contribution in [2.24, 2.45) is 0 Å². The number of aryl methyl sites for hydroxylation is 1. The Kier molecular flexibility index (Phi) is 5.07. The van der Waals surface area contributed by atoms with Crippen LogP contribution in [0.2, 0.25) is 0 Å². The van der Waals surface area contributed by atoms with Gasteiger partial charge in [-0.25, -0.2) is 0 Å². The number of benzene rings is 1. The highest BCUT2D eigenvalue weighted by molar-refractivity contribution is 5.25. The Labute approximate surface area is 139 Å². The van der Waals surface area contributed by atoms with E-state index in [9.17, 15) is 5.11 Å². The minimum atomic E-state index is -0.717. The summed E-state index contributed by atoms with van der Waals surface area (Å²) in [4.78, 5) is 2.50. The third-order valence-electron chi connectivity index (χ3n) is 5.46. The Morgan fingerprint density at radius 2 is 1.96 bits per heavy atom. The second kappa shape index (κ2) is 6.89. The summed E-state index contributed by atoms with van der Waals surface area (Å²) < 4.78 is 11.3. The Balaban J connectivity index is 1.58. The highest BCUT2D eigenvalue weighted by Gasteiger charge is 2.46. The fourth-order valence-electron chi connectivity index (χ4n) is 4.06. The molecule has 1 unspecified atom stereocenters. The van der Waals surface area contributed by atoms with E-state index in [1.165, 1.54) is 11.1 Å². The SMILES string of the molecule is COCC1(O)CCOC2(CCN(Cc3ccccc3C)CC2)C1. The molecule has 0 aromatic heterocycles. The van der Waals surface area contributed by atoms with Gasteiger partial charge in [-0.05, 0) is 30.9 Å². The van der Waals surface area contributed by atoms with E-state index >= 15 is 0 Å². The van der Waals surface area contributed by atoms with Gasteiger partial charge in [-0.15, -0.1) is 0 Å². The number of nitrogens with zero attached hydrogens (tertiary/aromatic N) is 1. The summed E-state index contributed by atoms with van der Waals surface area (Å²) >= 11 is 0. The van der Waals surface area contributed by atoms with Gasteiger partial charge in [0.05, 0.1) is 24.4 Å². The molecule has 0 bridgehead atoms. The molecule has 2 aliphatic rings. The van der Waals surface area contributed by atoms with E-state index in [-0.39, 0.29) is 5.60 Å². The molecule has 1 N–H and O–H groups in total. The van der Waals surface area contributed by atoms with Crippen LogP contribution < -0.4 is 0 Å². The molecule has 0 aliphatic carbocycles. The molecule has 1 aromatic carbocycles. The van der Waals surface area contributed by atoms with Crippen LogP contribution in [0.25, 0.3) is 0 Å². The van der Waals surface area contributed by atoms with Gasteiger partial charge in [0.15, 0.2) is 0 Å². The van der Waals surface area contributed by atoms with Crippen LogP contribution in [-0.2, 0) is 16.0 Å². The Bertz CT molecular complexity index is 521. The molecule has 4 nitrogen and oxygen atoms in total. The number of hydrogen-bond donors (Lipinski definition) is 1. The highest BCUT2D eigenvalue weighted by atomic mass is 16.5. The zero-order chi connectivity index (χ0) is 16.3. The van der Waals surface area contributed by atoms with Crippen LogP contribution in [0.5, 0.6) is 0 Å². The van der Waals surface area contributed by atoms with E-state index < -0.39 is 5.60 Å². The molecule has 0 amide bonds. The topological polar surface area (TPSA) is 41.9 Å². The van der Waals surface area contributed by atoms with Gasteiger partial charge in [0.25, 0.3) is 0 Å². The minimum absolute atomic E-state index is 0.159. The number of rotatable bonds is 4. The van der Waals surface area contributed by atoms with Crippen molar-refractivity contribution >= 4 is 0 Å². The maximum atomic E-state index is 10.7. The maximum absolute atomic E-state index is 10.7. The van der Waals surface area contributed by atoms with E-state index in [2.05, 4.69) is 36.1 Å². The first-order chi connectivity index (χ1) is 11.0. The zero-order valence-corrected chi connectivity index (χ0v) is 14.4. The van der Waals surface area contributed by atoms with Gasteiger partial charge >= 0.3 is 0 Å². The van der Waals surface area contributed by atoms with Gasteiger partial charge in [0, 0.05) is 39.6 Å². The lowest BCUT2D eigenvalue weighted by molar-refractivity contribution is -0.191. The molecule has 3 rings (SSSR count). The molecular weight excluding hydrogens is 290 g/mol. The molecular formula is C19H29NO3. The molecule has 0 saturated carbocycles. The minimum Gasteiger partial charge on any atom is -0.387 e. The van der Waals surface area contributed by atoms with Crippen molar-refractivity contribution in [1.82, 2.24) is 4.90 Å². The van der Waals surface area contributed by atoms with Gasteiger partial charge < -0.3 is 14.6 Å². The fraction of sp³-hybridized carbons (Fsp3) is 0.684. The molecule has 2 fully saturated rings. The summed E-state index contributed by atoms with van der Waals surface area (Å²) in [5.41, 5.74) is 1.89. The number of aliphatic hydroxyl groups is 1. The second-order valence-electron chi connectivity index (χ2n) is 7.32. The number of likely N-dealkylation sites (tertiary alicyclic amines) is 1. The molecule has 23 heavy (non-hydrogen) atoms. The summed E-state index contributed by atoms with van der Waals surface area (Å²) in [6.45, 7) is 6.28. The van der Waals surface area contributed by atoms with Crippen LogP contribution in [0.1, 0.15) is 36.8 Å². The predicted octanol–water partition coefficient (Wildman–Crippen LogP) is 2.52. The molecule has 0 radical (unpaired) electrons. The maximum Gasteiger partial charge on any atom is 0.0929 e. The van der Waals surface area contributed by atoms with Crippen LogP contribution in [0, 0.1) is 6.92 Å². The van der Waals surface area contributed by atoms with Crippen molar-refractivity contribution in [3.05, 3.63) is 35.4 Å². The number of ether oxygens (including phenoxy) is 2. The van der Waals surface area contributed by atoms with Gasteiger partial charge in [0.1, 0.15) is 0 Å². The van der Waals surface area contributed by atoms with Crippen molar-refractivity contribution in [2.75, 3.05) is 33.4 Å². The molecule has 1 atom stereocenters. The Morgan fingerprint density at radius 1 is 1.22 bits per heavy atom. The normalized spacial score (nSPS) is 28.1. The average Bonchev–Trinajstić information content (AvgIpc) is 2.52. The quantitative estimate of drug-likeness (QED) is 0.926. The Morgan fingerprint density at radius 3 is 2.65 bits per heavy atom. The van der Waals surface area contributed by atoms with E-state index in [0.29, 0.717) is 26.1 Å². The molecule has 4 heteroatoms. The molecule has 1 aromatic rings. The fourth-order valence-corrected chi connectivity index (χ4v) is 4.06. The number of piperidine rings is 1. The first-order valence-corrected chi connectivity index (χ1v) is 8.66. The van der Waals surface area contributed by atoms with Crippen LogP contribution >= 0.6 is 0 Å². The summed E-state index contributed by atoms with van der Waals surface area (Å²) in [6.07, 6.45) is 3.36. The predicted molar refractivity (Wildman–Crippen MR) is 90.4 cm³/mol. The summed E-state index contributed by atoms with van der Waals surface area (Å²) in [7, 11) is 1.66.